The van der Waals surface area contributed by atoms with Crippen molar-refractivity contribution in [3.05, 3.63) is 70.4 Å². The van der Waals surface area contributed by atoms with Crippen LogP contribution in [0.4, 0.5) is 8.78 Å². The minimum Gasteiger partial charge on any atom is -0.453 e. The van der Waals surface area contributed by atoms with Crippen LogP contribution in [-0.4, -0.2) is 5.78 Å². The van der Waals surface area contributed by atoms with E-state index in [4.69, 9.17) is 16.0 Å². The van der Waals surface area contributed by atoms with Gasteiger partial charge in [0.25, 0.3) is 0 Å². The number of rotatable bonds is 2. The summed E-state index contributed by atoms with van der Waals surface area (Å²) in [7, 11) is 0. The van der Waals surface area contributed by atoms with Crippen molar-refractivity contribution in [1.82, 2.24) is 0 Å². The molecule has 0 atom stereocenters. The Labute approximate surface area is 117 Å². The largest absolute Gasteiger partial charge is 0.453 e. The fourth-order valence-corrected chi connectivity index (χ4v) is 2.10. The number of hydrogen-bond acceptors (Lipinski definition) is 2. The van der Waals surface area contributed by atoms with Gasteiger partial charge in [-0.25, -0.2) is 8.78 Å². The van der Waals surface area contributed by atoms with Crippen LogP contribution in [-0.2, 0) is 0 Å². The molecule has 1 aromatic heterocycles. The van der Waals surface area contributed by atoms with Crippen LogP contribution in [0.5, 0.6) is 0 Å². The molecule has 0 aliphatic heterocycles. The molecule has 0 unspecified atom stereocenters. The first-order valence-electron chi connectivity index (χ1n) is 5.73. The van der Waals surface area contributed by atoms with E-state index in [9.17, 15) is 13.6 Å². The van der Waals surface area contributed by atoms with E-state index in [1.165, 1.54) is 36.4 Å². The number of halogens is 3. The number of carbonyl (C=O) groups excluding carboxylic acids is 1. The molecule has 0 spiro atoms. The van der Waals surface area contributed by atoms with E-state index in [2.05, 4.69) is 0 Å². The second-order valence-electron chi connectivity index (χ2n) is 4.25. The maximum Gasteiger partial charge on any atom is 0.231 e. The van der Waals surface area contributed by atoms with E-state index in [1.54, 1.807) is 0 Å². The molecule has 0 saturated carbocycles. The molecule has 100 valence electrons. The Morgan fingerprint density at radius 1 is 1.05 bits per heavy atom. The molecule has 1 heterocycles. The van der Waals surface area contributed by atoms with Gasteiger partial charge in [-0.1, -0.05) is 11.6 Å². The topological polar surface area (TPSA) is 30.2 Å². The van der Waals surface area contributed by atoms with Crippen molar-refractivity contribution >= 4 is 28.4 Å². The van der Waals surface area contributed by atoms with Crippen LogP contribution in [0.2, 0.25) is 5.02 Å². The quantitative estimate of drug-likeness (QED) is 0.646. The van der Waals surface area contributed by atoms with Crippen LogP contribution >= 0.6 is 11.6 Å². The lowest BCUT2D eigenvalue weighted by Gasteiger charge is -2.00. The molecular weight excluding hydrogens is 286 g/mol. The van der Waals surface area contributed by atoms with Gasteiger partial charge in [-0.05, 0) is 42.5 Å². The smallest absolute Gasteiger partial charge is 0.231 e. The molecule has 3 aromatic rings. The van der Waals surface area contributed by atoms with Gasteiger partial charge in [0.05, 0.1) is 5.56 Å². The first-order valence-corrected chi connectivity index (χ1v) is 6.11. The molecule has 0 aliphatic carbocycles. The van der Waals surface area contributed by atoms with E-state index < -0.39 is 17.4 Å². The molecule has 5 heteroatoms. The van der Waals surface area contributed by atoms with Crippen LogP contribution in [0.15, 0.2) is 46.9 Å². The Hall–Kier alpha value is -2.20. The molecule has 2 nitrogen and oxygen atoms in total. The highest BCUT2D eigenvalue weighted by molar-refractivity contribution is 6.31. The zero-order valence-electron chi connectivity index (χ0n) is 9.99. The van der Waals surface area contributed by atoms with Gasteiger partial charge >= 0.3 is 0 Å². The summed E-state index contributed by atoms with van der Waals surface area (Å²) in [6, 6.07) is 8.94. The Morgan fingerprint density at radius 2 is 1.85 bits per heavy atom. The normalized spacial score (nSPS) is 10.9. The lowest BCUT2D eigenvalue weighted by atomic mass is 10.1. The van der Waals surface area contributed by atoms with Gasteiger partial charge in [-0.2, -0.15) is 0 Å². The Balaban J connectivity index is 2.10. The zero-order chi connectivity index (χ0) is 14.3. The summed E-state index contributed by atoms with van der Waals surface area (Å²) in [5.41, 5.74) is 0.175. The molecule has 0 amide bonds. The van der Waals surface area contributed by atoms with Crippen molar-refractivity contribution in [3.8, 4) is 0 Å². The van der Waals surface area contributed by atoms with E-state index >= 15 is 0 Å². The molecule has 0 N–H and O–H groups in total. The number of fused-ring (bicyclic) bond motifs is 1. The first-order chi connectivity index (χ1) is 9.54. The molecule has 0 saturated heterocycles. The van der Waals surface area contributed by atoms with Gasteiger partial charge in [0, 0.05) is 10.4 Å². The summed E-state index contributed by atoms with van der Waals surface area (Å²) in [4.78, 5) is 12.2. The van der Waals surface area contributed by atoms with Gasteiger partial charge in [0.15, 0.2) is 5.76 Å². The lowest BCUT2D eigenvalue weighted by molar-refractivity contribution is 0.101. The van der Waals surface area contributed by atoms with Gasteiger partial charge < -0.3 is 4.42 Å². The van der Waals surface area contributed by atoms with Crippen LogP contribution < -0.4 is 0 Å². The maximum absolute atomic E-state index is 13.6. The number of furan rings is 1. The van der Waals surface area contributed by atoms with Gasteiger partial charge in [-0.3, -0.25) is 4.79 Å². The fraction of sp³-hybridized carbons (Fsp3) is 0. The van der Waals surface area contributed by atoms with E-state index in [0.717, 1.165) is 6.07 Å². The molecule has 0 aliphatic rings. The summed E-state index contributed by atoms with van der Waals surface area (Å²) in [5, 5.41) is 0.688. The molecule has 0 fully saturated rings. The van der Waals surface area contributed by atoms with Crippen LogP contribution in [0.25, 0.3) is 11.0 Å². The van der Waals surface area contributed by atoms with Crippen LogP contribution in [0.1, 0.15) is 16.1 Å². The SMILES string of the molecule is O=C(c1cc2cc(F)ccc2o1)c1cc(Cl)ccc1F. The minimum absolute atomic E-state index is 0.0632. The van der Waals surface area contributed by atoms with Crippen molar-refractivity contribution in [2.45, 2.75) is 0 Å². The third-order valence-electron chi connectivity index (χ3n) is 2.88. The summed E-state index contributed by atoms with van der Waals surface area (Å²) in [6.07, 6.45) is 0. The number of hydrogen-bond donors (Lipinski definition) is 0. The summed E-state index contributed by atoms with van der Waals surface area (Å²) < 4.78 is 32.0. The first kappa shape index (κ1) is 12.8. The standard InChI is InChI=1S/C15H7ClF2O2/c16-9-1-3-12(18)11(7-9)15(19)14-6-8-5-10(17)2-4-13(8)20-14/h1-7H. The highest BCUT2D eigenvalue weighted by atomic mass is 35.5. The second-order valence-corrected chi connectivity index (χ2v) is 4.68. The van der Waals surface area contributed by atoms with E-state index in [-0.39, 0.29) is 16.3 Å². The fourth-order valence-electron chi connectivity index (χ4n) is 1.93. The van der Waals surface area contributed by atoms with Crippen molar-refractivity contribution in [3.63, 3.8) is 0 Å². The van der Waals surface area contributed by atoms with Crippen LogP contribution in [0.3, 0.4) is 0 Å². The average molecular weight is 293 g/mol. The average Bonchev–Trinajstić information content (AvgIpc) is 2.83. The molecular formula is C15H7ClF2O2. The van der Waals surface area contributed by atoms with Gasteiger partial charge in [-0.15, -0.1) is 0 Å². The zero-order valence-corrected chi connectivity index (χ0v) is 10.7. The van der Waals surface area contributed by atoms with Gasteiger partial charge in [0.2, 0.25) is 5.78 Å². The Morgan fingerprint density at radius 3 is 2.65 bits per heavy atom. The summed E-state index contributed by atoms with van der Waals surface area (Å²) in [5.74, 6) is -1.83. The predicted molar refractivity (Wildman–Crippen MR) is 71.0 cm³/mol. The second kappa shape index (κ2) is 4.72. The van der Waals surface area contributed by atoms with E-state index in [1.807, 2.05) is 0 Å². The number of ketones is 1. The summed E-state index contributed by atoms with van der Waals surface area (Å²) in [6.45, 7) is 0. The third-order valence-corrected chi connectivity index (χ3v) is 3.11. The number of carbonyl (C=O) groups is 1. The molecule has 2 aromatic carbocycles. The highest BCUT2D eigenvalue weighted by Gasteiger charge is 2.18. The number of benzene rings is 2. The Bertz CT molecular complexity index is 824. The lowest BCUT2D eigenvalue weighted by Crippen LogP contribution is -2.02. The van der Waals surface area contributed by atoms with Gasteiger partial charge in [0.1, 0.15) is 17.2 Å². The maximum atomic E-state index is 13.6. The molecule has 20 heavy (non-hydrogen) atoms. The highest BCUT2D eigenvalue weighted by Crippen LogP contribution is 2.24. The Kier molecular flexibility index (Phi) is 3.03. The molecule has 3 rings (SSSR count). The van der Waals surface area contributed by atoms with E-state index in [0.29, 0.717) is 11.0 Å². The van der Waals surface area contributed by atoms with Crippen molar-refractivity contribution in [2.75, 3.05) is 0 Å². The van der Waals surface area contributed by atoms with Crippen molar-refractivity contribution < 1.29 is 18.0 Å². The molecule has 0 radical (unpaired) electrons. The third kappa shape index (κ3) is 2.18. The van der Waals surface area contributed by atoms with Crippen molar-refractivity contribution in [2.24, 2.45) is 0 Å². The van der Waals surface area contributed by atoms with Crippen molar-refractivity contribution in [1.29, 1.82) is 0 Å². The van der Waals surface area contributed by atoms with Crippen LogP contribution in [0, 0.1) is 11.6 Å². The monoisotopic (exact) mass is 292 g/mol. The molecule has 0 bridgehead atoms. The predicted octanol–water partition coefficient (Wildman–Crippen LogP) is 4.60. The minimum atomic E-state index is -0.689. The summed E-state index contributed by atoms with van der Waals surface area (Å²) >= 11 is 5.75.